The molecule has 0 unspecified atom stereocenters. The summed E-state index contributed by atoms with van der Waals surface area (Å²) in [7, 11) is 4.03. The molecule has 0 amide bonds. The Morgan fingerprint density at radius 3 is 1.56 bits per heavy atom. The van der Waals surface area contributed by atoms with Crippen molar-refractivity contribution in [2.75, 3.05) is 0 Å². The second kappa shape index (κ2) is 15.7. The quantitative estimate of drug-likeness (QED) is 0.168. The van der Waals surface area contributed by atoms with Gasteiger partial charge in [-0.25, -0.2) is 0 Å². The maximum absolute atomic E-state index is 12.1. The van der Waals surface area contributed by atoms with Gasteiger partial charge in [0.2, 0.25) is 12.7 Å². The zero-order valence-corrected chi connectivity index (χ0v) is 31.1. The largest absolute Gasteiger partial charge is 0.429 e. The molecule has 0 atom stereocenters. The van der Waals surface area contributed by atoms with Gasteiger partial charge in [-0.05, 0) is 45.7 Å². The molecular formula is C36H38F3IrN8-3. The number of hydrogen-bond donors (Lipinski definition) is 0. The molecule has 8 nitrogen and oxygen atoms in total. The Hall–Kier alpha value is -4.41. The van der Waals surface area contributed by atoms with Crippen molar-refractivity contribution in [2.45, 2.75) is 61.6 Å². The van der Waals surface area contributed by atoms with Gasteiger partial charge in [-0.3, -0.25) is 10.1 Å². The molecule has 255 valence electrons. The van der Waals surface area contributed by atoms with Gasteiger partial charge in [-0.1, -0.05) is 45.1 Å². The Kier molecular flexibility index (Phi) is 12.4. The maximum atomic E-state index is 12.1. The molecule has 4 aromatic heterocycles. The smallest absolute Gasteiger partial charge is 0.413 e. The van der Waals surface area contributed by atoms with Gasteiger partial charge in [0.25, 0.3) is 0 Å². The van der Waals surface area contributed by atoms with Gasteiger partial charge in [0.05, 0.1) is 19.8 Å². The Balaban J connectivity index is 0.000000193. The van der Waals surface area contributed by atoms with Crippen molar-refractivity contribution in [1.82, 2.24) is 29.3 Å². The summed E-state index contributed by atoms with van der Waals surface area (Å²) in [4.78, 5) is 7.05. The standard InChI is InChI=1S/2C14H17N2.C8H4F3N4.Ir/c2*1-10-6-7-14(11(2)8-10)16-9-15(5)12(3)13(16)4;9-8(10,11)7-13-6(14-15-7)5-3-1-2-4-12-5;/h2*6,8H,1-5H3;1-4H;/q3*-1;. The Morgan fingerprint density at radius 1 is 0.750 bits per heavy atom. The number of nitrogens with zero attached hydrogens (tertiary/aromatic N) is 8. The minimum Gasteiger partial charge on any atom is -0.413 e. The number of aryl methyl sites for hydroxylation is 6. The van der Waals surface area contributed by atoms with Gasteiger partial charge in [0.1, 0.15) is 5.82 Å². The zero-order valence-electron chi connectivity index (χ0n) is 28.7. The predicted octanol–water partition coefficient (Wildman–Crippen LogP) is 5.78. The zero-order chi connectivity index (χ0) is 34.6. The van der Waals surface area contributed by atoms with Crippen molar-refractivity contribution in [3.8, 4) is 22.9 Å². The first-order chi connectivity index (χ1) is 22.1. The molecule has 6 rings (SSSR count). The van der Waals surface area contributed by atoms with E-state index in [4.69, 9.17) is 0 Å². The molecule has 0 saturated heterocycles. The summed E-state index contributed by atoms with van der Waals surface area (Å²) in [6.45, 7) is 16.8. The monoisotopic (exact) mass is 832 g/mol. The molecule has 0 fully saturated rings. The minimum atomic E-state index is -4.57. The number of imidazole rings is 2. The van der Waals surface area contributed by atoms with Crippen molar-refractivity contribution in [3.05, 3.63) is 124 Å². The van der Waals surface area contributed by atoms with Crippen LogP contribution in [0.1, 0.15) is 50.9 Å². The molecule has 0 N–H and O–H groups in total. The average Bonchev–Trinajstić information content (AvgIpc) is 3.69. The van der Waals surface area contributed by atoms with Crippen LogP contribution in [-0.4, -0.2) is 24.2 Å². The van der Waals surface area contributed by atoms with Crippen LogP contribution in [0.5, 0.6) is 0 Å². The van der Waals surface area contributed by atoms with Gasteiger partial charge in [0, 0.05) is 49.1 Å². The van der Waals surface area contributed by atoms with Gasteiger partial charge < -0.3 is 28.4 Å². The van der Waals surface area contributed by atoms with E-state index in [-0.39, 0.29) is 31.6 Å². The molecule has 0 aliphatic rings. The molecule has 48 heavy (non-hydrogen) atoms. The Labute approximate surface area is 293 Å². The van der Waals surface area contributed by atoms with E-state index in [0.717, 1.165) is 11.4 Å². The van der Waals surface area contributed by atoms with Crippen molar-refractivity contribution in [1.29, 1.82) is 0 Å². The average molecular weight is 832 g/mol. The summed E-state index contributed by atoms with van der Waals surface area (Å²) >= 11 is 0. The fourth-order valence-electron chi connectivity index (χ4n) is 4.78. The summed E-state index contributed by atoms with van der Waals surface area (Å²) < 4.78 is 44.6. The van der Waals surface area contributed by atoms with E-state index in [2.05, 4.69) is 122 Å². The maximum Gasteiger partial charge on any atom is 0.429 e. The van der Waals surface area contributed by atoms with Crippen LogP contribution in [0.15, 0.2) is 48.7 Å². The fourth-order valence-corrected chi connectivity index (χ4v) is 4.78. The van der Waals surface area contributed by atoms with Gasteiger partial charge in [-0.2, -0.15) is 71.8 Å². The van der Waals surface area contributed by atoms with Gasteiger partial charge >= 0.3 is 6.18 Å². The fraction of sp³-hybridized carbons (Fsp3) is 0.306. The molecule has 0 aliphatic carbocycles. The van der Waals surface area contributed by atoms with Crippen molar-refractivity contribution in [2.24, 2.45) is 14.1 Å². The van der Waals surface area contributed by atoms with Crippen LogP contribution in [0, 0.1) is 80.2 Å². The molecule has 2 aromatic carbocycles. The summed E-state index contributed by atoms with van der Waals surface area (Å²) in [6.07, 6.45) is 3.46. The SMILES string of the molecule is Cc1c[c-]c(-n2[c-][n+](C)c(C)c2C)c(C)c1.Cc1c[c-]c(-n2[c-][n+](C)c(C)c2C)c(C)c1.FC(F)(F)c1n[n-]c(-c2ccccn2)n1.[Ir]. The van der Waals surface area contributed by atoms with E-state index in [0.29, 0.717) is 0 Å². The number of alkyl halides is 3. The summed E-state index contributed by atoms with van der Waals surface area (Å²) in [5.41, 5.74) is 12.3. The van der Waals surface area contributed by atoms with E-state index >= 15 is 0 Å². The molecule has 0 saturated carbocycles. The predicted molar refractivity (Wildman–Crippen MR) is 171 cm³/mol. The number of benzene rings is 2. The van der Waals surface area contributed by atoms with E-state index in [1.165, 1.54) is 57.3 Å². The van der Waals surface area contributed by atoms with Crippen LogP contribution in [0.25, 0.3) is 22.9 Å². The van der Waals surface area contributed by atoms with Crippen LogP contribution in [0.3, 0.4) is 0 Å². The van der Waals surface area contributed by atoms with Crippen LogP contribution >= 0.6 is 0 Å². The van der Waals surface area contributed by atoms with Gasteiger partial charge in [0.15, 0.2) is 0 Å². The third-order valence-electron chi connectivity index (χ3n) is 7.78. The van der Waals surface area contributed by atoms with Crippen molar-refractivity contribution < 1.29 is 42.4 Å². The summed E-state index contributed by atoms with van der Waals surface area (Å²) in [5, 5.41) is 6.25. The number of pyridine rings is 1. The van der Waals surface area contributed by atoms with Crippen LogP contribution in [0.4, 0.5) is 13.2 Å². The first kappa shape index (κ1) is 38.0. The Morgan fingerprint density at radius 2 is 1.23 bits per heavy atom. The first-order valence-corrected chi connectivity index (χ1v) is 14.9. The summed E-state index contributed by atoms with van der Waals surface area (Å²) in [6, 6.07) is 19.8. The minimum absolute atomic E-state index is 0. The third-order valence-corrected chi connectivity index (χ3v) is 7.78. The van der Waals surface area contributed by atoms with E-state index in [1.54, 1.807) is 12.1 Å². The molecule has 1 radical (unpaired) electrons. The number of aromatic nitrogens is 8. The molecule has 0 aliphatic heterocycles. The van der Waals surface area contributed by atoms with E-state index in [1.807, 2.05) is 35.4 Å². The molecule has 0 bridgehead atoms. The van der Waals surface area contributed by atoms with Gasteiger partial charge in [-0.15, -0.1) is 0 Å². The molecule has 4 heterocycles. The molecule has 6 aromatic rings. The molecule has 12 heteroatoms. The van der Waals surface area contributed by atoms with Crippen LogP contribution in [0.2, 0.25) is 0 Å². The molecule has 0 spiro atoms. The second-order valence-electron chi connectivity index (χ2n) is 11.4. The number of halogens is 3. The number of rotatable bonds is 3. The van der Waals surface area contributed by atoms with E-state index < -0.39 is 12.0 Å². The van der Waals surface area contributed by atoms with Crippen LogP contribution in [-0.2, 0) is 40.4 Å². The Bertz CT molecular complexity index is 1890. The summed E-state index contributed by atoms with van der Waals surface area (Å²) in [5.74, 6) is -1.37. The first-order valence-electron chi connectivity index (χ1n) is 14.9. The second-order valence-corrected chi connectivity index (χ2v) is 11.4. The van der Waals surface area contributed by atoms with E-state index in [9.17, 15) is 13.2 Å². The number of hydrogen-bond acceptors (Lipinski definition) is 3. The molecular weight excluding hydrogens is 794 g/mol. The van der Waals surface area contributed by atoms with Crippen LogP contribution < -0.4 is 14.2 Å². The normalized spacial score (nSPS) is 10.9. The topological polar surface area (TPSA) is 70.4 Å². The van der Waals surface area contributed by atoms with Crippen molar-refractivity contribution in [3.63, 3.8) is 0 Å². The third kappa shape index (κ3) is 8.73. The van der Waals surface area contributed by atoms with Crippen molar-refractivity contribution >= 4 is 0 Å².